The summed E-state index contributed by atoms with van der Waals surface area (Å²) in [6, 6.07) is 9.75. The van der Waals surface area contributed by atoms with Gasteiger partial charge in [0.05, 0.1) is 12.0 Å². The van der Waals surface area contributed by atoms with E-state index in [1.54, 1.807) is 14.0 Å². The zero-order chi connectivity index (χ0) is 20.6. The standard InChI is InChI=1S/C22H29NO5/c1-7-21(4)16(26-18-17(21)27-20(2,3)28-18)14-25-22(5,19(24)23-6)13-15-11-9-8-10-12-15/h1,8-12,16-18H,13-14H2,2-6H3,(H,23,24)/t16-,17+,18-,21+,22?/m1/s1. The van der Waals surface area contributed by atoms with Crippen LogP contribution in [-0.4, -0.2) is 49.4 Å². The van der Waals surface area contributed by atoms with Crippen LogP contribution in [0.25, 0.3) is 0 Å². The van der Waals surface area contributed by atoms with E-state index in [-0.39, 0.29) is 18.6 Å². The average molecular weight is 387 g/mol. The van der Waals surface area contributed by atoms with Crippen LogP contribution in [-0.2, 0) is 30.2 Å². The highest BCUT2D eigenvalue weighted by Gasteiger charge is 2.61. The van der Waals surface area contributed by atoms with Crippen LogP contribution in [0.4, 0.5) is 0 Å². The van der Waals surface area contributed by atoms with Crippen LogP contribution < -0.4 is 5.32 Å². The molecule has 0 spiro atoms. The van der Waals surface area contributed by atoms with E-state index in [0.717, 1.165) is 5.56 Å². The number of amides is 1. The lowest BCUT2D eigenvalue weighted by atomic mass is 9.81. The number of carbonyl (C=O) groups is 1. The summed E-state index contributed by atoms with van der Waals surface area (Å²) in [6.45, 7) is 7.50. The summed E-state index contributed by atoms with van der Waals surface area (Å²) >= 11 is 0. The van der Waals surface area contributed by atoms with Crippen molar-refractivity contribution in [3.05, 3.63) is 35.9 Å². The number of nitrogens with one attached hydrogen (secondary N) is 1. The SMILES string of the molecule is C#C[C@@]1(C)[C@@H](COC(C)(Cc2ccccc2)C(=O)NC)O[C@@H]2OC(C)(C)O[C@@H]21. The Bertz CT molecular complexity index is 758. The van der Waals surface area contributed by atoms with Crippen molar-refractivity contribution in [3.8, 4) is 12.3 Å². The summed E-state index contributed by atoms with van der Waals surface area (Å²) in [7, 11) is 1.60. The monoisotopic (exact) mass is 387 g/mol. The lowest BCUT2D eigenvalue weighted by Gasteiger charge is -2.34. The topological polar surface area (TPSA) is 66.0 Å². The summed E-state index contributed by atoms with van der Waals surface area (Å²) < 4.78 is 24.0. The Kier molecular flexibility index (Phi) is 5.57. The van der Waals surface area contributed by atoms with Gasteiger partial charge in [0, 0.05) is 13.5 Å². The minimum absolute atomic E-state index is 0.150. The fraction of sp³-hybridized carbons (Fsp3) is 0.591. The number of hydrogen-bond acceptors (Lipinski definition) is 5. The molecule has 0 radical (unpaired) electrons. The maximum atomic E-state index is 12.6. The Morgan fingerprint density at radius 3 is 2.57 bits per heavy atom. The van der Waals surface area contributed by atoms with E-state index in [9.17, 15) is 4.79 Å². The van der Waals surface area contributed by atoms with Crippen LogP contribution >= 0.6 is 0 Å². The van der Waals surface area contributed by atoms with Gasteiger partial charge in [0.1, 0.15) is 17.8 Å². The molecule has 6 heteroatoms. The highest BCUT2D eigenvalue weighted by molar-refractivity contribution is 5.84. The molecule has 1 unspecified atom stereocenters. The highest BCUT2D eigenvalue weighted by Crippen LogP contribution is 2.47. The molecule has 152 valence electrons. The van der Waals surface area contributed by atoms with Crippen LogP contribution in [0.2, 0.25) is 0 Å². The van der Waals surface area contributed by atoms with Crippen molar-refractivity contribution in [1.82, 2.24) is 5.32 Å². The molecule has 1 amide bonds. The third-order valence-corrected chi connectivity index (χ3v) is 5.57. The van der Waals surface area contributed by atoms with Gasteiger partial charge in [-0.15, -0.1) is 6.42 Å². The van der Waals surface area contributed by atoms with E-state index in [1.165, 1.54) is 0 Å². The number of likely N-dealkylation sites (N-methyl/N-ethyl adjacent to an activating group) is 1. The second-order valence-electron chi connectivity index (χ2n) is 8.26. The first-order valence-corrected chi connectivity index (χ1v) is 9.52. The van der Waals surface area contributed by atoms with Crippen LogP contribution in [0.1, 0.15) is 33.3 Å². The van der Waals surface area contributed by atoms with Crippen LogP contribution in [0.3, 0.4) is 0 Å². The summed E-state index contributed by atoms with van der Waals surface area (Å²) in [5.41, 5.74) is -0.784. The van der Waals surface area contributed by atoms with Gasteiger partial charge in [-0.05, 0) is 33.3 Å². The number of fused-ring (bicyclic) bond motifs is 1. The molecule has 2 aliphatic rings. The maximum absolute atomic E-state index is 12.6. The fourth-order valence-corrected chi connectivity index (χ4v) is 3.82. The molecule has 2 saturated heterocycles. The van der Waals surface area contributed by atoms with E-state index in [0.29, 0.717) is 6.42 Å². The van der Waals surface area contributed by atoms with Crippen molar-refractivity contribution in [1.29, 1.82) is 0 Å². The Morgan fingerprint density at radius 1 is 1.29 bits per heavy atom. The average Bonchev–Trinajstić information content (AvgIpc) is 3.11. The molecule has 1 aromatic rings. The predicted molar refractivity (Wildman–Crippen MR) is 104 cm³/mol. The predicted octanol–water partition coefficient (Wildman–Crippen LogP) is 2.27. The van der Waals surface area contributed by atoms with Crippen LogP contribution in [0.5, 0.6) is 0 Å². The van der Waals surface area contributed by atoms with Crippen LogP contribution in [0.15, 0.2) is 30.3 Å². The molecule has 0 saturated carbocycles. The first-order valence-electron chi connectivity index (χ1n) is 9.52. The second kappa shape index (κ2) is 7.49. The highest BCUT2D eigenvalue weighted by atomic mass is 16.8. The Morgan fingerprint density at radius 2 is 1.96 bits per heavy atom. The number of terminal acetylenes is 1. The molecule has 1 N–H and O–H groups in total. The lowest BCUT2D eigenvalue weighted by Crippen LogP contribution is -2.50. The fourth-order valence-electron chi connectivity index (χ4n) is 3.82. The number of benzene rings is 1. The summed E-state index contributed by atoms with van der Waals surface area (Å²) in [4.78, 5) is 12.6. The molecule has 0 aromatic heterocycles. The summed E-state index contributed by atoms with van der Waals surface area (Å²) in [5.74, 6) is 1.87. The Hall–Kier alpha value is -1.91. The molecule has 6 nitrogen and oxygen atoms in total. The van der Waals surface area contributed by atoms with Crippen molar-refractivity contribution >= 4 is 5.91 Å². The lowest BCUT2D eigenvalue weighted by molar-refractivity contribution is -0.223. The molecule has 28 heavy (non-hydrogen) atoms. The van der Waals surface area contributed by atoms with E-state index < -0.39 is 29.2 Å². The van der Waals surface area contributed by atoms with Gasteiger partial charge in [0.15, 0.2) is 12.1 Å². The summed E-state index contributed by atoms with van der Waals surface area (Å²) in [5, 5.41) is 2.69. The van der Waals surface area contributed by atoms with Gasteiger partial charge in [-0.3, -0.25) is 4.79 Å². The van der Waals surface area contributed by atoms with Crippen molar-refractivity contribution in [2.24, 2.45) is 5.41 Å². The molecular formula is C22H29NO5. The quantitative estimate of drug-likeness (QED) is 0.759. The van der Waals surface area contributed by atoms with Crippen molar-refractivity contribution in [3.63, 3.8) is 0 Å². The molecule has 2 aliphatic heterocycles. The summed E-state index contributed by atoms with van der Waals surface area (Å²) in [6.07, 6.45) is 4.89. The molecule has 2 heterocycles. The third-order valence-electron chi connectivity index (χ3n) is 5.57. The van der Waals surface area contributed by atoms with Crippen molar-refractivity contribution in [2.75, 3.05) is 13.7 Å². The normalized spacial score (nSPS) is 32.9. The minimum atomic E-state index is -1.06. The number of hydrogen-bond donors (Lipinski definition) is 1. The van der Waals surface area contributed by atoms with E-state index >= 15 is 0 Å². The van der Waals surface area contributed by atoms with Gasteiger partial charge in [-0.25, -0.2) is 0 Å². The molecule has 0 aliphatic carbocycles. The molecule has 1 aromatic carbocycles. The van der Waals surface area contributed by atoms with Gasteiger partial charge in [-0.2, -0.15) is 0 Å². The van der Waals surface area contributed by atoms with Gasteiger partial charge in [0.2, 0.25) is 0 Å². The van der Waals surface area contributed by atoms with Gasteiger partial charge >= 0.3 is 0 Å². The minimum Gasteiger partial charge on any atom is -0.362 e. The molecular weight excluding hydrogens is 358 g/mol. The van der Waals surface area contributed by atoms with Gasteiger partial charge in [0.25, 0.3) is 5.91 Å². The van der Waals surface area contributed by atoms with Crippen LogP contribution in [0, 0.1) is 17.8 Å². The largest absolute Gasteiger partial charge is 0.362 e. The zero-order valence-electron chi connectivity index (χ0n) is 17.2. The maximum Gasteiger partial charge on any atom is 0.252 e. The first-order chi connectivity index (χ1) is 13.1. The number of rotatable bonds is 6. The van der Waals surface area contributed by atoms with Gasteiger partial charge in [-0.1, -0.05) is 36.3 Å². The van der Waals surface area contributed by atoms with Crippen molar-refractivity contribution in [2.45, 2.75) is 64.0 Å². The third kappa shape index (κ3) is 3.81. The van der Waals surface area contributed by atoms with Gasteiger partial charge < -0.3 is 24.3 Å². The number of ether oxygens (including phenoxy) is 4. The molecule has 0 bridgehead atoms. The molecule has 3 rings (SSSR count). The van der Waals surface area contributed by atoms with E-state index in [4.69, 9.17) is 25.4 Å². The Labute approximate surface area is 166 Å². The van der Waals surface area contributed by atoms with E-state index in [1.807, 2.05) is 51.1 Å². The zero-order valence-corrected chi connectivity index (χ0v) is 17.2. The van der Waals surface area contributed by atoms with Crippen molar-refractivity contribution < 1.29 is 23.7 Å². The Balaban J connectivity index is 1.75. The smallest absolute Gasteiger partial charge is 0.252 e. The van der Waals surface area contributed by atoms with E-state index in [2.05, 4.69) is 11.2 Å². The number of carbonyl (C=O) groups excluding carboxylic acids is 1. The molecule has 2 fully saturated rings. The second-order valence-corrected chi connectivity index (χ2v) is 8.26. The first kappa shape index (κ1) is 20.8. The molecule has 5 atom stereocenters.